The van der Waals surface area contributed by atoms with Crippen molar-refractivity contribution in [3.05, 3.63) is 47.2 Å². The molecule has 0 spiro atoms. The van der Waals surface area contributed by atoms with Crippen LogP contribution >= 0.6 is 11.3 Å². The molecule has 3 rings (SSSR count). The van der Waals surface area contributed by atoms with Crippen LogP contribution in [0.1, 0.15) is 18.5 Å². The molecule has 6 heteroatoms. The van der Waals surface area contributed by atoms with Crippen molar-refractivity contribution in [1.29, 1.82) is 0 Å². The summed E-state index contributed by atoms with van der Waals surface area (Å²) < 4.78 is 7.14. The number of thiophene rings is 1. The Kier molecular flexibility index (Phi) is 3.96. The van der Waals surface area contributed by atoms with Gasteiger partial charge in [0.05, 0.1) is 12.7 Å². The number of imidazole rings is 1. The summed E-state index contributed by atoms with van der Waals surface area (Å²) in [6.45, 7) is 2.19. The van der Waals surface area contributed by atoms with Crippen LogP contribution < -0.4 is 4.74 Å². The van der Waals surface area contributed by atoms with Crippen molar-refractivity contribution >= 4 is 11.3 Å². The zero-order valence-electron chi connectivity index (χ0n) is 11.9. The predicted molar refractivity (Wildman–Crippen MR) is 82.5 cm³/mol. The van der Waals surface area contributed by atoms with Crippen LogP contribution in [0.4, 0.5) is 0 Å². The minimum Gasteiger partial charge on any atom is -0.467 e. The zero-order valence-corrected chi connectivity index (χ0v) is 12.7. The molecule has 0 N–H and O–H groups in total. The second-order valence-electron chi connectivity index (χ2n) is 4.80. The maximum absolute atomic E-state index is 4.99. The lowest BCUT2D eigenvalue weighted by molar-refractivity contribution is 0.380. The van der Waals surface area contributed by atoms with Crippen LogP contribution in [-0.2, 0) is 6.42 Å². The molecule has 0 fully saturated rings. The Bertz CT molecular complexity index is 691. The smallest absolute Gasteiger partial charge is 0.316 e. The number of hydrogen-bond donors (Lipinski definition) is 0. The Hall–Kier alpha value is -2.21. The van der Waals surface area contributed by atoms with Crippen molar-refractivity contribution in [1.82, 2.24) is 19.5 Å². The number of nitrogens with zero attached hydrogens (tertiary/aromatic N) is 4. The van der Waals surface area contributed by atoms with Crippen LogP contribution in [0.2, 0.25) is 0 Å². The van der Waals surface area contributed by atoms with E-state index >= 15 is 0 Å². The molecule has 3 aromatic heterocycles. The number of aromatic nitrogens is 4. The third-order valence-electron chi connectivity index (χ3n) is 3.32. The first kappa shape index (κ1) is 13.8. The lowest BCUT2D eigenvalue weighted by atomic mass is 10.1. The van der Waals surface area contributed by atoms with Gasteiger partial charge in [0.25, 0.3) is 0 Å². The Morgan fingerprint density at radius 2 is 2.10 bits per heavy atom. The van der Waals surface area contributed by atoms with Gasteiger partial charge in [0.1, 0.15) is 5.82 Å². The minimum atomic E-state index is 0.319. The normalized spacial score (nSPS) is 12.3. The molecule has 0 bridgehead atoms. The second-order valence-corrected chi connectivity index (χ2v) is 5.58. The highest BCUT2D eigenvalue weighted by Crippen LogP contribution is 2.23. The summed E-state index contributed by atoms with van der Waals surface area (Å²) in [6, 6.07) is 2.84. The summed E-state index contributed by atoms with van der Waals surface area (Å²) in [6.07, 6.45) is 8.26. The van der Waals surface area contributed by atoms with Gasteiger partial charge in [-0.15, -0.1) is 0 Å². The summed E-state index contributed by atoms with van der Waals surface area (Å²) >= 11 is 1.72. The fourth-order valence-corrected chi connectivity index (χ4v) is 2.96. The van der Waals surface area contributed by atoms with Crippen molar-refractivity contribution in [3.63, 3.8) is 0 Å². The van der Waals surface area contributed by atoms with Gasteiger partial charge in [0.15, 0.2) is 0 Å². The Morgan fingerprint density at radius 1 is 1.29 bits per heavy atom. The Morgan fingerprint density at radius 3 is 2.76 bits per heavy atom. The van der Waals surface area contributed by atoms with Gasteiger partial charge in [0.2, 0.25) is 0 Å². The summed E-state index contributed by atoms with van der Waals surface area (Å²) in [5.41, 5.74) is 2.23. The van der Waals surface area contributed by atoms with Gasteiger partial charge in [0, 0.05) is 30.8 Å². The highest BCUT2D eigenvalue weighted by atomic mass is 32.1. The molecule has 3 heterocycles. The van der Waals surface area contributed by atoms with Gasteiger partial charge in [-0.3, -0.25) is 0 Å². The summed E-state index contributed by atoms with van der Waals surface area (Å²) in [5.74, 6) is 0.875. The third kappa shape index (κ3) is 2.95. The second kappa shape index (κ2) is 6.05. The molecular weight excluding hydrogens is 284 g/mol. The fourth-order valence-electron chi connectivity index (χ4n) is 2.28. The van der Waals surface area contributed by atoms with E-state index < -0.39 is 0 Å². The minimum absolute atomic E-state index is 0.319. The molecule has 0 aliphatic carbocycles. The molecule has 0 radical (unpaired) electrons. The van der Waals surface area contributed by atoms with Crippen LogP contribution in [-0.4, -0.2) is 26.6 Å². The lowest BCUT2D eigenvalue weighted by Gasteiger charge is -2.15. The molecule has 5 nitrogen and oxygen atoms in total. The molecule has 3 aromatic rings. The van der Waals surface area contributed by atoms with E-state index in [0.717, 1.165) is 17.8 Å². The van der Waals surface area contributed by atoms with Crippen LogP contribution in [0.25, 0.3) is 11.4 Å². The van der Waals surface area contributed by atoms with Gasteiger partial charge in [-0.25, -0.2) is 15.0 Å². The van der Waals surface area contributed by atoms with E-state index in [4.69, 9.17) is 4.74 Å². The average Bonchev–Trinajstić information content (AvgIpc) is 3.18. The predicted octanol–water partition coefficient (Wildman–Crippen LogP) is 3.21. The zero-order chi connectivity index (χ0) is 14.7. The topological polar surface area (TPSA) is 52.8 Å². The van der Waals surface area contributed by atoms with Gasteiger partial charge in [-0.2, -0.15) is 11.3 Å². The molecule has 1 unspecified atom stereocenters. The van der Waals surface area contributed by atoms with E-state index in [1.165, 1.54) is 5.56 Å². The summed E-state index contributed by atoms with van der Waals surface area (Å²) in [7, 11) is 1.55. The SMILES string of the molecule is COc1ncc(-c2nccn2C(C)Cc2ccsc2)cn1. The maximum Gasteiger partial charge on any atom is 0.316 e. The van der Waals surface area contributed by atoms with Crippen molar-refractivity contribution in [3.8, 4) is 17.4 Å². The number of rotatable bonds is 5. The largest absolute Gasteiger partial charge is 0.467 e. The highest BCUT2D eigenvalue weighted by Gasteiger charge is 2.13. The standard InChI is InChI=1S/C15H16N4OS/c1-11(7-12-3-6-21-10-12)19-5-4-16-14(19)13-8-17-15(20-2)18-9-13/h3-6,8-11H,7H2,1-2H3. The quantitative estimate of drug-likeness (QED) is 0.726. The first-order chi connectivity index (χ1) is 10.3. The molecule has 0 aliphatic rings. The van der Waals surface area contributed by atoms with Crippen LogP contribution in [0, 0.1) is 0 Å². The van der Waals surface area contributed by atoms with Gasteiger partial charge in [-0.1, -0.05) is 0 Å². The lowest BCUT2D eigenvalue weighted by Crippen LogP contribution is -2.09. The van der Waals surface area contributed by atoms with E-state index in [1.807, 2.05) is 12.4 Å². The van der Waals surface area contributed by atoms with Gasteiger partial charge >= 0.3 is 6.01 Å². The molecule has 0 aromatic carbocycles. The molecule has 0 saturated carbocycles. The molecule has 0 amide bonds. The Labute approximate surface area is 127 Å². The summed E-state index contributed by atoms with van der Waals surface area (Å²) in [5, 5.41) is 4.29. The van der Waals surface area contributed by atoms with E-state index in [1.54, 1.807) is 30.8 Å². The molecule has 1 atom stereocenters. The van der Waals surface area contributed by atoms with Crippen molar-refractivity contribution in [2.75, 3.05) is 7.11 Å². The van der Waals surface area contributed by atoms with E-state index in [2.05, 4.69) is 43.3 Å². The number of hydrogen-bond acceptors (Lipinski definition) is 5. The monoisotopic (exact) mass is 300 g/mol. The molecule has 108 valence electrons. The van der Waals surface area contributed by atoms with E-state index in [-0.39, 0.29) is 0 Å². The van der Waals surface area contributed by atoms with Crippen LogP contribution in [0.5, 0.6) is 6.01 Å². The average molecular weight is 300 g/mol. The fraction of sp³-hybridized carbons (Fsp3) is 0.267. The Balaban J connectivity index is 1.85. The maximum atomic E-state index is 4.99. The molecule has 0 saturated heterocycles. The van der Waals surface area contributed by atoms with Gasteiger partial charge < -0.3 is 9.30 Å². The summed E-state index contributed by atoms with van der Waals surface area (Å²) in [4.78, 5) is 12.7. The number of methoxy groups -OCH3 is 1. The molecule has 21 heavy (non-hydrogen) atoms. The van der Waals surface area contributed by atoms with Crippen molar-refractivity contribution in [2.24, 2.45) is 0 Å². The van der Waals surface area contributed by atoms with Crippen molar-refractivity contribution < 1.29 is 4.74 Å². The molecule has 0 aliphatic heterocycles. The molecular formula is C15H16N4OS. The van der Waals surface area contributed by atoms with Crippen LogP contribution in [0.15, 0.2) is 41.6 Å². The van der Waals surface area contributed by atoms with Crippen molar-refractivity contribution in [2.45, 2.75) is 19.4 Å². The van der Waals surface area contributed by atoms with E-state index in [9.17, 15) is 0 Å². The highest BCUT2D eigenvalue weighted by molar-refractivity contribution is 7.07. The van der Waals surface area contributed by atoms with Gasteiger partial charge in [-0.05, 0) is 35.7 Å². The third-order valence-corrected chi connectivity index (χ3v) is 4.06. The first-order valence-electron chi connectivity index (χ1n) is 6.68. The first-order valence-corrected chi connectivity index (χ1v) is 7.62. The number of ether oxygens (including phenoxy) is 1. The van der Waals surface area contributed by atoms with E-state index in [0.29, 0.717) is 12.1 Å². The van der Waals surface area contributed by atoms with Crippen LogP contribution in [0.3, 0.4) is 0 Å².